The fraction of sp³-hybridized carbons (Fsp3) is 0.278. The first-order valence-electron chi connectivity index (χ1n) is 7.37. The molecule has 124 valence electrons. The molecule has 0 fully saturated rings. The predicted molar refractivity (Wildman–Crippen MR) is 96.5 cm³/mol. The number of halogens is 1. The molecule has 3 N–H and O–H groups in total. The summed E-state index contributed by atoms with van der Waals surface area (Å²) >= 11 is 0. The minimum Gasteiger partial charge on any atom is -0.455 e. The molecule has 0 aliphatic carbocycles. The number of benzene rings is 2. The van der Waals surface area contributed by atoms with Crippen LogP contribution in [0, 0.1) is 19.8 Å². The van der Waals surface area contributed by atoms with Crippen molar-refractivity contribution < 1.29 is 9.53 Å². The van der Waals surface area contributed by atoms with E-state index in [4.69, 9.17) is 10.5 Å². The Labute approximate surface area is 143 Å². The van der Waals surface area contributed by atoms with Gasteiger partial charge in [0.1, 0.15) is 5.75 Å². The van der Waals surface area contributed by atoms with Gasteiger partial charge >= 0.3 is 0 Å². The van der Waals surface area contributed by atoms with Crippen LogP contribution in [-0.4, -0.2) is 12.5 Å². The van der Waals surface area contributed by atoms with E-state index in [1.165, 1.54) is 0 Å². The Morgan fingerprint density at radius 1 is 1.13 bits per heavy atom. The molecular formula is C18H23ClN2O2. The van der Waals surface area contributed by atoms with Crippen molar-refractivity contribution in [3.63, 3.8) is 0 Å². The molecule has 0 bridgehead atoms. The maximum Gasteiger partial charge on any atom is 0.228 e. The summed E-state index contributed by atoms with van der Waals surface area (Å²) in [5, 5.41) is 2.88. The highest BCUT2D eigenvalue weighted by Crippen LogP contribution is 2.33. The third-order valence-corrected chi connectivity index (χ3v) is 3.57. The Kier molecular flexibility index (Phi) is 7.07. The maximum absolute atomic E-state index is 12.0. The molecule has 2 aromatic carbocycles. The highest BCUT2D eigenvalue weighted by atomic mass is 35.5. The van der Waals surface area contributed by atoms with Crippen LogP contribution in [0.15, 0.2) is 42.5 Å². The second-order valence-electron chi connectivity index (χ2n) is 5.45. The van der Waals surface area contributed by atoms with E-state index in [9.17, 15) is 4.79 Å². The maximum atomic E-state index is 12.0. The van der Waals surface area contributed by atoms with Gasteiger partial charge in [-0.1, -0.05) is 37.3 Å². The fourth-order valence-corrected chi connectivity index (χ4v) is 2.09. The average Bonchev–Trinajstić information content (AvgIpc) is 2.51. The number of ether oxygens (including phenoxy) is 1. The van der Waals surface area contributed by atoms with Crippen molar-refractivity contribution in [1.29, 1.82) is 0 Å². The largest absolute Gasteiger partial charge is 0.455 e. The highest BCUT2D eigenvalue weighted by Gasteiger charge is 2.14. The highest BCUT2D eigenvalue weighted by molar-refractivity contribution is 5.93. The summed E-state index contributed by atoms with van der Waals surface area (Å²) in [5.74, 6) is 1.09. The molecule has 0 aliphatic heterocycles. The van der Waals surface area contributed by atoms with Crippen molar-refractivity contribution in [2.24, 2.45) is 11.7 Å². The number of amides is 1. The van der Waals surface area contributed by atoms with Crippen LogP contribution in [0.1, 0.15) is 18.1 Å². The molecular weight excluding hydrogens is 312 g/mol. The number of anilines is 1. The summed E-state index contributed by atoms with van der Waals surface area (Å²) in [7, 11) is 0. The average molecular weight is 335 g/mol. The van der Waals surface area contributed by atoms with E-state index in [-0.39, 0.29) is 24.2 Å². The van der Waals surface area contributed by atoms with E-state index in [0.717, 1.165) is 16.9 Å². The van der Waals surface area contributed by atoms with E-state index in [0.29, 0.717) is 18.0 Å². The summed E-state index contributed by atoms with van der Waals surface area (Å²) in [6.45, 7) is 6.11. The molecule has 0 radical (unpaired) electrons. The minimum atomic E-state index is -0.242. The van der Waals surface area contributed by atoms with Gasteiger partial charge in [0, 0.05) is 12.5 Å². The minimum absolute atomic E-state index is 0. The number of para-hydroxylation sites is 3. The predicted octanol–water partition coefficient (Wildman–Crippen LogP) is 4.05. The summed E-state index contributed by atoms with van der Waals surface area (Å²) in [6, 6.07) is 13.4. The summed E-state index contributed by atoms with van der Waals surface area (Å²) < 4.78 is 6.04. The number of hydrogen-bond donors (Lipinski definition) is 2. The zero-order valence-corrected chi connectivity index (χ0v) is 14.4. The molecule has 1 unspecified atom stereocenters. The van der Waals surface area contributed by atoms with E-state index in [2.05, 4.69) is 5.32 Å². The quantitative estimate of drug-likeness (QED) is 0.867. The first-order chi connectivity index (χ1) is 10.5. The third kappa shape index (κ3) is 4.71. The van der Waals surface area contributed by atoms with Gasteiger partial charge in [-0.3, -0.25) is 4.79 Å². The van der Waals surface area contributed by atoms with Crippen molar-refractivity contribution in [2.45, 2.75) is 20.8 Å². The SMILES string of the molecule is Cc1cccc(C)c1Oc1ccccc1NC(=O)C(C)CN.Cl. The van der Waals surface area contributed by atoms with Gasteiger partial charge in [0.25, 0.3) is 0 Å². The number of carbonyl (C=O) groups excluding carboxylic acids is 1. The smallest absolute Gasteiger partial charge is 0.228 e. The number of nitrogens with two attached hydrogens (primary N) is 1. The van der Waals surface area contributed by atoms with Gasteiger partial charge in [-0.05, 0) is 37.1 Å². The number of hydrogen-bond acceptors (Lipinski definition) is 3. The van der Waals surface area contributed by atoms with Gasteiger partial charge in [0.05, 0.1) is 5.69 Å². The van der Waals surface area contributed by atoms with Gasteiger partial charge in [0.2, 0.25) is 5.91 Å². The zero-order valence-electron chi connectivity index (χ0n) is 13.6. The Hall–Kier alpha value is -2.04. The van der Waals surface area contributed by atoms with Crippen LogP contribution < -0.4 is 15.8 Å². The molecule has 1 atom stereocenters. The van der Waals surface area contributed by atoms with Crippen molar-refractivity contribution in [3.05, 3.63) is 53.6 Å². The summed E-state index contributed by atoms with van der Waals surface area (Å²) in [6.07, 6.45) is 0. The van der Waals surface area contributed by atoms with Gasteiger partial charge in [-0.25, -0.2) is 0 Å². The van der Waals surface area contributed by atoms with Crippen LogP contribution in [0.25, 0.3) is 0 Å². The normalized spacial score (nSPS) is 11.3. The first kappa shape index (κ1) is 19.0. The lowest BCUT2D eigenvalue weighted by Gasteiger charge is -2.16. The molecule has 2 rings (SSSR count). The van der Waals surface area contributed by atoms with Crippen LogP contribution in [0.2, 0.25) is 0 Å². The van der Waals surface area contributed by atoms with Crippen LogP contribution in [0.4, 0.5) is 5.69 Å². The second-order valence-corrected chi connectivity index (χ2v) is 5.45. The number of aryl methyl sites for hydroxylation is 2. The van der Waals surface area contributed by atoms with Crippen molar-refractivity contribution >= 4 is 24.0 Å². The molecule has 1 amide bonds. The molecule has 0 heterocycles. The molecule has 0 aromatic heterocycles. The monoisotopic (exact) mass is 334 g/mol. The second kappa shape index (κ2) is 8.56. The molecule has 0 saturated heterocycles. The Bertz CT molecular complexity index is 654. The van der Waals surface area contributed by atoms with Gasteiger partial charge < -0.3 is 15.8 Å². The molecule has 0 aliphatic rings. The Morgan fingerprint density at radius 2 is 1.74 bits per heavy atom. The van der Waals surface area contributed by atoms with Crippen molar-refractivity contribution in [1.82, 2.24) is 0 Å². The molecule has 23 heavy (non-hydrogen) atoms. The van der Waals surface area contributed by atoms with Gasteiger partial charge in [-0.15, -0.1) is 12.4 Å². The Morgan fingerprint density at radius 3 is 2.35 bits per heavy atom. The van der Waals surface area contributed by atoms with Gasteiger partial charge in [-0.2, -0.15) is 0 Å². The molecule has 2 aromatic rings. The molecule has 5 heteroatoms. The van der Waals surface area contributed by atoms with Crippen molar-refractivity contribution in [3.8, 4) is 11.5 Å². The summed E-state index contributed by atoms with van der Waals surface area (Å²) in [5.41, 5.74) is 8.29. The number of rotatable bonds is 5. The van der Waals surface area contributed by atoms with Gasteiger partial charge in [0.15, 0.2) is 5.75 Å². The van der Waals surface area contributed by atoms with Crippen LogP contribution in [-0.2, 0) is 4.79 Å². The fourth-order valence-electron chi connectivity index (χ4n) is 2.09. The molecule has 0 spiro atoms. The van der Waals surface area contributed by atoms with E-state index >= 15 is 0 Å². The first-order valence-corrected chi connectivity index (χ1v) is 7.37. The lowest BCUT2D eigenvalue weighted by molar-refractivity contribution is -0.119. The van der Waals surface area contributed by atoms with Crippen LogP contribution in [0.3, 0.4) is 0 Å². The standard InChI is InChI=1S/C18H22N2O2.ClH/c1-12-7-6-8-13(2)17(12)22-16-10-5-4-9-15(16)20-18(21)14(3)11-19;/h4-10,14H,11,19H2,1-3H3,(H,20,21);1H. The lowest BCUT2D eigenvalue weighted by Crippen LogP contribution is -2.26. The van der Waals surface area contributed by atoms with Crippen molar-refractivity contribution in [2.75, 3.05) is 11.9 Å². The lowest BCUT2D eigenvalue weighted by atomic mass is 10.1. The molecule has 0 saturated carbocycles. The number of carbonyl (C=O) groups is 1. The summed E-state index contributed by atoms with van der Waals surface area (Å²) in [4.78, 5) is 12.0. The van der Waals surface area contributed by atoms with Crippen LogP contribution in [0.5, 0.6) is 11.5 Å². The van der Waals surface area contributed by atoms with E-state index in [1.807, 2.05) is 56.3 Å². The van der Waals surface area contributed by atoms with E-state index < -0.39 is 0 Å². The topological polar surface area (TPSA) is 64.3 Å². The molecule has 4 nitrogen and oxygen atoms in total. The van der Waals surface area contributed by atoms with E-state index in [1.54, 1.807) is 6.92 Å². The Balaban J connectivity index is 0.00000264. The third-order valence-electron chi connectivity index (χ3n) is 3.57. The zero-order chi connectivity index (χ0) is 16.1. The number of nitrogens with one attached hydrogen (secondary N) is 1. The van der Waals surface area contributed by atoms with Crippen LogP contribution >= 0.6 is 12.4 Å².